The first-order valence-corrected chi connectivity index (χ1v) is 9.33. The minimum Gasteiger partial charge on any atom is -0.348 e. The van der Waals surface area contributed by atoms with Crippen molar-refractivity contribution in [2.45, 2.75) is 51.4 Å². The Bertz CT molecular complexity index is 673. The third kappa shape index (κ3) is 3.33. The number of hydrogen-bond donors (Lipinski definition) is 1. The van der Waals surface area contributed by atoms with Crippen molar-refractivity contribution in [2.75, 3.05) is 6.54 Å². The summed E-state index contributed by atoms with van der Waals surface area (Å²) in [5.74, 6) is -0.0109. The molecular formula is C17H22N4OS. The average molecular weight is 330 g/mol. The smallest absolute Gasteiger partial charge is 0.272 e. The molecule has 1 fully saturated rings. The molecule has 2 aliphatic rings. The number of thiophene rings is 1. The van der Waals surface area contributed by atoms with Gasteiger partial charge in [-0.2, -0.15) is 16.4 Å². The standard InChI is InChI=1S/C17H22N4OS/c22-17(18-14-3-1-2-4-14)16-9-15-11-20(6-7-21(15)19-16)10-13-5-8-23-12-13/h5,8-9,12,14H,1-4,6-7,10-11H2,(H,18,22). The van der Waals surface area contributed by atoms with Crippen LogP contribution >= 0.6 is 11.3 Å². The number of carbonyl (C=O) groups is 1. The molecule has 122 valence electrons. The Kier molecular flexibility index (Phi) is 4.18. The molecule has 2 aromatic heterocycles. The number of carbonyl (C=O) groups excluding carboxylic acids is 1. The quantitative estimate of drug-likeness (QED) is 0.937. The van der Waals surface area contributed by atoms with Crippen molar-refractivity contribution in [3.63, 3.8) is 0 Å². The van der Waals surface area contributed by atoms with Crippen molar-refractivity contribution in [2.24, 2.45) is 0 Å². The van der Waals surface area contributed by atoms with E-state index in [0.717, 1.165) is 44.7 Å². The lowest BCUT2D eigenvalue weighted by Gasteiger charge is -2.27. The second-order valence-corrected chi connectivity index (χ2v) is 7.32. The van der Waals surface area contributed by atoms with E-state index in [9.17, 15) is 4.79 Å². The summed E-state index contributed by atoms with van der Waals surface area (Å²) in [4.78, 5) is 14.8. The molecule has 1 N–H and O–H groups in total. The third-order valence-electron chi connectivity index (χ3n) is 4.79. The van der Waals surface area contributed by atoms with E-state index in [4.69, 9.17) is 0 Å². The van der Waals surface area contributed by atoms with Crippen molar-refractivity contribution in [1.29, 1.82) is 0 Å². The molecule has 0 atom stereocenters. The van der Waals surface area contributed by atoms with Crippen molar-refractivity contribution in [3.05, 3.63) is 39.8 Å². The maximum atomic E-state index is 12.4. The van der Waals surface area contributed by atoms with Crippen LogP contribution in [0.25, 0.3) is 0 Å². The van der Waals surface area contributed by atoms with E-state index in [2.05, 4.69) is 32.1 Å². The number of nitrogens with one attached hydrogen (secondary N) is 1. The minimum atomic E-state index is -0.0109. The molecule has 0 aromatic carbocycles. The van der Waals surface area contributed by atoms with Crippen LogP contribution in [0.15, 0.2) is 22.9 Å². The first kappa shape index (κ1) is 14.9. The molecule has 23 heavy (non-hydrogen) atoms. The zero-order valence-corrected chi connectivity index (χ0v) is 14.0. The molecule has 1 saturated carbocycles. The summed E-state index contributed by atoms with van der Waals surface area (Å²) in [6.07, 6.45) is 4.66. The third-order valence-corrected chi connectivity index (χ3v) is 5.52. The van der Waals surface area contributed by atoms with Gasteiger partial charge in [0, 0.05) is 25.7 Å². The van der Waals surface area contributed by atoms with Crippen LogP contribution in [0.5, 0.6) is 0 Å². The molecule has 1 aliphatic carbocycles. The molecular weight excluding hydrogens is 308 g/mol. The second kappa shape index (κ2) is 6.45. The molecule has 1 aliphatic heterocycles. The van der Waals surface area contributed by atoms with Crippen LogP contribution in [0.4, 0.5) is 0 Å². The molecule has 0 unspecified atom stereocenters. The van der Waals surface area contributed by atoms with Gasteiger partial charge in [0.1, 0.15) is 0 Å². The second-order valence-electron chi connectivity index (χ2n) is 6.54. The van der Waals surface area contributed by atoms with Gasteiger partial charge in [-0.3, -0.25) is 14.4 Å². The summed E-state index contributed by atoms with van der Waals surface area (Å²) < 4.78 is 1.99. The lowest BCUT2D eigenvalue weighted by molar-refractivity contribution is 0.0931. The van der Waals surface area contributed by atoms with Crippen LogP contribution < -0.4 is 5.32 Å². The van der Waals surface area contributed by atoms with Crippen molar-refractivity contribution < 1.29 is 4.79 Å². The number of aromatic nitrogens is 2. The highest BCUT2D eigenvalue weighted by Crippen LogP contribution is 2.20. The fourth-order valence-corrected chi connectivity index (χ4v) is 4.20. The van der Waals surface area contributed by atoms with Crippen molar-refractivity contribution >= 4 is 17.2 Å². The molecule has 2 aromatic rings. The Labute approximate surface area is 140 Å². The lowest BCUT2D eigenvalue weighted by atomic mass is 10.2. The summed E-state index contributed by atoms with van der Waals surface area (Å²) in [5.41, 5.74) is 3.08. The van der Waals surface area contributed by atoms with E-state index >= 15 is 0 Å². The summed E-state index contributed by atoms with van der Waals surface area (Å²) in [6, 6.07) is 4.48. The van der Waals surface area contributed by atoms with Crippen LogP contribution in [-0.2, 0) is 19.6 Å². The molecule has 0 spiro atoms. The largest absolute Gasteiger partial charge is 0.348 e. The summed E-state index contributed by atoms with van der Waals surface area (Å²) in [7, 11) is 0. The molecule has 1 amide bonds. The Morgan fingerprint density at radius 1 is 1.35 bits per heavy atom. The fraction of sp³-hybridized carbons (Fsp3) is 0.529. The molecule has 4 rings (SSSR count). The molecule has 5 nitrogen and oxygen atoms in total. The topological polar surface area (TPSA) is 50.2 Å². The summed E-state index contributed by atoms with van der Waals surface area (Å²) in [5, 5.41) is 11.9. The highest BCUT2D eigenvalue weighted by atomic mass is 32.1. The van der Waals surface area contributed by atoms with Crippen molar-refractivity contribution in [3.8, 4) is 0 Å². The predicted molar refractivity (Wildman–Crippen MR) is 90.4 cm³/mol. The highest BCUT2D eigenvalue weighted by Gasteiger charge is 2.23. The van der Waals surface area contributed by atoms with Crippen LogP contribution in [0.3, 0.4) is 0 Å². The minimum absolute atomic E-state index is 0.0109. The maximum absolute atomic E-state index is 12.4. The van der Waals surface area contributed by atoms with Gasteiger partial charge < -0.3 is 5.32 Å². The van der Waals surface area contributed by atoms with Crippen LogP contribution in [0, 0.1) is 0 Å². The number of nitrogens with zero attached hydrogens (tertiary/aromatic N) is 3. The van der Waals surface area contributed by atoms with Gasteiger partial charge in [0.05, 0.1) is 12.2 Å². The molecule has 0 saturated heterocycles. The Morgan fingerprint density at radius 3 is 3.00 bits per heavy atom. The molecule has 6 heteroatoms. The summed E-state index contributed by atoms with van der Waals surface area (Å²) in [6.45, 7) is 3.67. The summed E-state index contributed by atoms with van der Waals surface area (Å²) >= 11 is 1.74. The van der Waals surface area contributed by atoms with E-state index in [-0.39, 0.29) is 5.91 Å². The van der Waals surface area contributed by atoms with Crippen molar-refractivity contribution in [1.82, 2.24) is 20.0 Å². The van der Waals surface area contributed by atoms with Gasteiger partial charge in [-0.1, -0.05) is 12.8 Å². The molecule has 0 bridgehead atoms. The SMILES string of the molecule is O=C(NC1CCCC1)c1cc2n(n1)CCN(Cc1ccsc1)C2. The fourth-order valence-electron chi connectivity index (χ4n) is 3.54. The van der Waals surface area contributed by atoms with Gasteiger partial charge in [-0.25, -0.2) is 0 Å². The zero-order valence-electron chi connectivity index (χ0n) is 13.2. The average Bonchev–Trinajstić information content (AvgIpc) is 3.27. The van der Waals surface area contributed by atoms with Gasteiger partial charge in [0.15, 0.2) is 5.69 Å². The van der Waals surface area contributed by atoms with E-state index in [1.54, 1.807) is 11.3 Å². The molecule has 3 heterocycles. The van der Waals surface area contributed by atoms with Gasteiger partial charge in [-0.05, 0) is 41.3 Å². The maximum Gasteiger partial charge on any atom is 0.272 e. The van der Waals surface area contributed by atoms with Crippen LogP contribution in [0.1, 0.15) is 47.4 Å². The van der Waals surface area contributed by atoms with Gasteiger partial charge in [-0.15, -0.1) is 0 Å². The normalized spacial score (nSPS) is 19.0. The number of amides is 1. The number of hydrogen-bond acceptors (Lipinski definition) is 4. The van der Waals surface area contributed by atoms with Gasteiger partial charge >= 0.3 is 0 Å². The Morgan fingerprint density at radius 2 is 2.22 bits per heavy atom. The lowest BCUT2D eigenvalue weighted by Crippen LogP contribution is -2.33. The van der Waals surface area contributed by atoms with E-state index in [0.29, 0.717) is 11.7 Å². The highest BCUT2D eigenvalue weighted by molar-refractivity contribution is 7.07. The van der Waals surface area contributed by atoms with E-state index in [1.165, 1.54) is 18.4 Å². The monoisotopic (exact) mass is 330 g/mol. The zero-order chi connectivity index (χ0) is 15.6. The number of fused-ring (bicyclic) bond motifs is 1. The predicted octanol–water partition coefficient (Wildman–Crippen LogP) is 2.63. The van der Waals surface area contributed by atoms with E-state index in [1.807, 2.05) is 10.7 Å². The van der Waals surface area contributed by atoms with Gasteiger partial charge in [0.25, 0.3) is 5.91 Å². The van der Waals surface area contributed by atoms with Crippen LogP contribution in [0.2, 0.25) is 0 Å². The number of rotatable bonds is 4. The first-order valence-electron chi connectivity index (χ1n) is 8.39. The Hall–Kier alpha value is -1.66. The first-order chi connectivity index (χ1) is 11.3. The van der Waals surface area contributed by atoms with Crippen LogP contribution in [-0.4, -0.2) is 33.2 Å². The van der Waals surface area contributed by atoms with E-state index < -0.39 is 0 Å². The molecule has 0 radical (unpaired) electrons. The van der Waals surface area contributed by atoms with Gasteiger partial charge in [0.2, 0.25) is 0 Å². The Balaban J connectivity index is 1.41.